The lowest BCUT2D eigenvalue weighted by atomic mass is 10.1. The molecule has 0 aromatic carbocycles. The van der Waals surface area contributed by atoms with Crippen molar-refractivity contribution in [2.45, 2.75) is 25.7 Å². The Morgan fingerprint density at radius 1 is 0.750 bits per heavy atom. The predicted molar refractivity (Wildman–Crippen MR) is 74.4 cm³/mol. The van der Waals surface area contributed by atoms with Crippen molar-refractivity contribution in [1.82, 2.24) is 9.80 Å². The zero-order valence-corrected chi connectivity index (χ0v) is 11.5. The van der Waals surface area contributed by atoms with E-state index in [1.54, 1.807) is 0 Å². The van der Waals surface area contributed by atoms with Crippen molar-refractivity contribution in [1.29, 1.82) is 0 Å². The minimum absolute atomic E-state index is 0.0805. The van der Waals surface area contributed by atoms with Gasteiger partial charge in [-0.05, 0) is 12.4 Å². The Hall–Kier alpha value is -2.24. The van der Waals surface area contributed by atoms with Crippen molar-refractivity contribution in [3.05, 3.63) is 25.6 Å². The van der Waals surface area contributed by atoms with Gasteiger partial charge in [-0.2, -0.15) is 0 Å². The Morgan fingerprint density at radius 3 is 1.35 bits per heavy atom. The predicted octanol–water partition coefficient (Wildman–Crippen LogP) is 0.889. The first-order valence-electron chi connectivity index (χ1n) is 6.28. The fourth-order valence-electron chi connectivity index (χ4n) is 1.41. The number of carbonyl (C=O) groups excluding carboxylic acids is 4. The van der Waals surface area contributed by atoms with Gasteiger partial charge in [0, 0.05) is 38.8 Å². The van der Waals surface area contributed by atoms with Crippen LogP contribution < -0.4 is 0 Å². The maximum Gasteiger partial charge on any atom is 0.213 e. The molecule has 0 heterocycles. The van der Waals surface area contributed by atoms with Gasteiger partial charge in [0.25, 0.3) is 0 Å². The molecule has 0 atom stereocenters. The van der Waals surface area contributed by atoms with Crippen LogP contribution in [0, 0.1) is 0 Å². The van der Waals surface area contributed by atoms with Crippen LogP contribution in [-0.4, -0.2) is 47.3 Å². The molecule has 0 N–H and O–H groups in total. The first kappa shape index (κ1) is 17.8. The van der Waals surface area contributed by atoms with Crippen LogP contribution in [-0.2, 0) is 19.2 Å². The summed E-state index contributed by atoms with van der Waals surface area (Å²) in [5.41, 5.74) is 0. The van der Waals surface area contributed by atoms with Crippen LogP contribution in [0.2, 0.25) is 0 Å². The number of ketones is 2. The lowest BCUT2D eigenvalue weighted by Crippen LogP contribution is -2.20. The molecule has 0 unspecified atom stereocenters. The summed E-state index contributed by atoms with van der Waals surface area (Å²) in [6.45, 7) is 7.40. The van der Waals surface area contributed by atoms with Crippen LogP contribution in [0.5, 0.6) is 0 Å². The molecule has 110 valence electrons. The Bertz CT molecular complexity index is 327. The summed E-state index contributed by atoms with van der Waals surface area (Å²) in [7, 11) is 0. The highest BCUT2D eigenvalue weighted by Gasteiger charge is 2.09. The monoisotopic (exact) mass is 280 g/mol. The van der Waals surface area contributed by atoms with Crippen molar-refractivity contribution >= 4 is 24.4 Å². The van der Waals surface area contributed by atoms with Gasteiger partial charge in [-0.3, -0.25) is 19.2 Å². The summed E-state index contributed by atoms with van der Waals surface area (Å²) < 4.78 is 0. The zero-order chi connectivity index (χ0) is 15.4. The quantitative estimate of drug-likeness (QED) is 0.470. The molecule has 0 fully saturated rings. The van der Waals surface area contributed by atoms with Crippen LogP contribution in [0.4, 0.5) is 0 Å². The number of hydrogen-bond donors (Lipinski definition) is 0. The molecule has 0 bridgehead atoms. The number of hydrogen-bond acceptors (Lipinski definition) is 4. The van der Waals surface area contributed by atoms with Crippen molar-refractivity contribution in [2.24, 2.45) is 0 Å². The number of nitrogens with zero attached hydrogens (tertiary/aromatic N) is 2. The molecule has 2 amide bonds. The van der Waals surface area contributed by atoms with Crippen LogP contribution >= 0.6 is 0 Å². The number of rotatable bonds is 13. The molecule has 0 aliphatic carbocycles. The van der Waals surface area contributed by atoms with Crippen LogP contribution in [0.3, 0.4) is 0 Å². The first-order valence-corrected chi connectivity index (χ1v) is 6.28. The van der Waals surface area contributed by atoms with E-state index in [0.29, 0.717) is 12.8 Å². The highest BCUT2D eigenvalue weighted by Crippen LogP contribution is 2.01. The molecular weight excluding hydrogens is 260 g/mol. The summed E-state index contributed by atoms with van der Waals surface area (Å²) in [6.07, 6.45) is 4.57. The summed E-state index contributed by atoms with van der Waals surface area (Å²) in [5, 5.41) is 0. The summed E-state index contributed by atoms with van der Waals surface area (Å²) >= 11 is 0. The Balaban J connectivity index is 3.85. The summed E-state index contributed by atoms with van der Waals surface area (Å²) in [5.74, 6) is -0.161. The highest BCUT2D eigenvalue weighted by molar-refractivity contribution is 5.86. The molecule has 0 aliphatic rings. The first-order chi connectivity index (χ1) is 9.57. The minimum Gasteiger partial charge on any atom is -0.322 e. The SMILES string of the molecule is C=CN(C=O)CCC(=O)CCC(=O)CCN(C=C)C=O. The van der Waals surface area contributed by atoms with Gasteiger partial charge in [0.05, 0.1) is 0 Å². The van der Waals surface area contributed by atoms with Crippen LogP contribution in [0.1, 0.15) is 25.7 Å². The molecule has 0 spiro atoms. The van der Waals surface area contributed by atoms with Crippen LogP contribution in [0.25, 0.3) is 0 Å². The molecule has 0 saturated heterocycles. The highest BCUT2D eigenvalue weighted by atomic mass is 16.1. The van der Waals surface area contributed by atoms with Crippen molar-refractivity contribution in [2.75, 3.05) is 13.1 Å². The molecule has 0 aromatic heterocycles. The third-order valence-corrected chi connectivity index (χ3v) is 2.72. The van der Waals surface area contributed by atoms with Gasteiger partial charge in [-0.1, -0.05) is 13.2 Å². The minimum atomic E-state index is -0.0805. The van der Waals surface area contributed by atoms with E-state index in [4.69, 9.17) is 0 Å². The summed E-state index contributed by atoms with van der Waals surface area (Å²) in [6, 6.07) is 0. The van der Waals surface area contributed by atoms with Gasteiger partial charge in [-0.15, -0.1) is 0 Å². The lowest BCUT2D eigenvalue weighted by Gasteiger charge is -2.11. The van der Waals surface area contributed by atoms with Gasteiger partial charge >= 0.3 is 0 Å². The molecule has 0 radical (unpaired) electrons. The second-order valence-corrected chi connectivity index (χ2v) is 4.13. The van der Waals surface area contributed by atoms with Gasteiger partial charge in [0.1, 0.15) is 11.6 Å². The van der Waals surface area contributed by atoms with Crippen molar-refractivity contribution in [3.8, 4) is 0 Å². The lowest BCUT2D eigenvalue weighted by molar-refractivity contribution is -0.125. The maximum atomic E-state index is 11.5. The molecule has 6 heteroatoms. The largest absolute Gasteiger partial charge is 0.322 e. The molecule has 20 heavy (non-hydrogen) atoms. The number of amides is 2. The maximum absolute atomic E-state index is 11.5. The molecule has 0 aliphatic heterocycles. The second kappa shape index (κ2) is 10.7. The molecular formula is C14H20N2O4. The zero-order valence-electron chi connectivity index (χ0n) is 11.5. The van der Waals surface area contributed by atoms with Gasteiger partial charge < -0.3 is 9.80 Å². The molecule has 0 rings (SSSR count). The van der Waals surface area contributed by atoms with Crippen molar-refractivity contribution < 1.29 is 19.2 Å². The van der Waals surface area contributed by atoms with E-state index < -0.39 is 0 Å². The summed E-state index contributed by atoms with van der Waals surface area (Å²) in [4.78, 5) is 46.5. The molecule has 0 aromatic rings. The van der Waals surface area contributed by atoms with Gasteiger partial charge in [0.15, 0.2) is 0 Å². The number of Topliss-reactive ketones (excluding diaryl/α,β-unsaturated/α-hetero) is 2. The second-order valence-electron chi connectivity index (χ2n) is 4.13. The van der Waals surface area contributed by atoms with E-state index in [0.717, 1.165) is 0 Å². The van der Waals surface area contributed by atoms with Crippen molar-refractivity contribution in [3.63, 3.8) is 0 Å². The van der Waals surface area contributed by atoms with E-state index in [-0.39, 0.29) is 50.3 Å². The van der Waals surface area contributed by atoms with E-state index >= 15 is 0 Å². The average molecular weight is 280 g/mol. The standard InChI is InChI=1S/C14H20N2O4/c1-3-15(11-17)9-7-13(19)5-6-14(20)8-10-16(4-2)12-18/h3-4,11-12H,1-2,5-10H2. The van der Waals surface area contributed by atoms with Crippen LogP contribution in [0.15, 0.2) is 25.6 Å². The molecule has 0 saturated carbocycles. The fourth-order valence-corrected chi connectivity index (χ4v) is 1.41. The fraction of sp³-hybridized carbons (Fsp3) is 0.429. The Morgan fingerprint density at radius 2 is 1.10 bits per heavy atom. The average Bonchev–Trinajstić information content (AvgIpc) is 2.47. The van der Waals surface area contributed by atoms with Gasteiger partial charge in [-0.25, -0.2) is 0 Å². The number of carbonyl (C=O) groups is 4. The third-order valence-electron chi connectivity index (χ3n) is 2.72. The normalized spacial score (nSPS) is 9.40. The Kier molecular flexibility index (Phi) is 9.47. The Labute approximate surface area is 118 Å². The third kappa shape index (κ3) is 7.97. The topological polar surface area (TPSA) is 74.8 Å². The van der Waals surface area contributed by atoms with E-state index in [1.807, 2.05) is 0 Å². The van der Waals surface area contributed by atoms with E-state index in [1.165, 1.54) is 22.2 Å². The van der Waals surface area contributed by atoms with E-state index in [9.17, 15) is 19.2 Å². The van der Waals surface area contributed by atoms with E-state index in [2.05, 4.69) is 13.2 Å². The van der Waals surface area contributed by atoms with Gasteiger partial charge in [0.2, 0.25) is 12.8 Å². The smallest absolute Gasteiger partial charge is 0.213 e. The molecule has 6 nitrogen and oxygen atoms in total.